The van der Waals surface area contributed by atoms with E-state index in [9.17, 15) is 14.9 Å². The molecule has 41 heavy (non-hydrogen) atoms. The lowest BCUT2D eigenvalue weighted by molar-refractivity contribution is -0.384. The average molecular weight is 547 g/mol. The molecular weight excluding hydrogens is 524 g/mol. The molecule has 0 amide bonds. The quantitative estimate of drug-likeness (QED) is 0.127. The highest BCUT2D eigenvalue weighted by molar-refractivity contribution is 5.85. The van der Waals surface area contributed by atoms with Crippen molar-refractivity contribution in [2.24, 2.45) is 5.10 Å². The van der Waals surface area contributed by atoms with Crippen LogP contribution in [0.5, 0.6) is 11.5 Å². The maximum Gasteiger partial charge on any atom is 0.282 e. The fraction of sp³-hybridized carbons (Fsp3) is 0.0645. The second-order valence-electron chi connectivity index (χ2n) is 9.09. The summed E-state index contributed by atoms with van der Waals surface area (Å²) in [7, 11) is 1.52. The summed E-state index contributed by atoms with van der Waals surface area (Å²) >= 11 is 0. The van der Waals surface area contributed by atoms with Crippen molar-refractivity contribution in [1.29, 1.82) is 0 Å². The lowest BCUT2D eigenvalue weighted by Crippen LogP contribution is -2.20. The van der Waals surface area contributed by atoms with E-state index >= 15 is 0 Å². The Morgan fingerprint density at radius 2 is 1.76 bits per heavy atom. The largest absolute Gasteiger partial charge is 0.493 e. The van der Waals surface area contributed by atoms with Crippen molar-refractivity contribution in [2.45, 2.75) is 6.61 Å². The van der Waals surface area contributed by atoms with Crippen molar-refractivity contribution in [2.75, 3.05) is 7.11 Å². The number of nitro benzene ring substituents is 1. The number of nitrogens with zero attached hydrogens (tertiary/aromatic N) is 4. The first-order valence-corrected chi connectivity index (χ1v) is 12.6. The Labute approximate surface area is 232 Å². The predicted octanol–water partition coefficient (Wildman–Crippen LogP) is 6.19. The second-order valence-corrected chi connectivity index (χ2v) is 9.09. The molecule has 10 heteroatoms. The Morgan fingerprint density at radius 1 is 0.976 bits per heavy atom. The van der Waals surface area contributed by atoms with Crippen LogP contribution < -0.4 is 15.0 Å². The van der Waals surface area contributed by atoms with Gasteiger partial charge in [0.1, 0.15) is 12.2 Å². The van der Waals surface area contributed by atoms with Gasteiger partial charge >= 0.3 is 0 Å². The number of para-hydroxylation sites is 2. The molecule has 6 aromatic rings. The van der Waals surface area contributed by atoms with Crippen LogP contribution in [0.25, 0.3) is 33.5 Å². The first-order valence-electron chi connectivity index (χ1n) is 12.6. The molecule has 0 saturated heterocycles. The van der Waals surface area contributed by atoms with Gasteiger partial charge in [-0.3, -0.25) is 14.9 Å². The van der Waals surface area contributed by atoms with E-state index in [-0.39, 0.29) is 23.7 Å². The van der Waals surface area contributed by atoms with E-state index in [1.54, 1.807) is 48.5 Å². The van der Waals surface area contributed by atoms with Gasteiger partial charge in [-0.15, -0.1) is 0 Å². The van der Waals surface area contributed by atoms with E-state index in [4.69, 9.17) is 18.9 Å². The van der Waals surface area contributed by atoms with Crippen LogP contribution in [0.4, 0.5) is 5.69 Å². The number of aromatic nitrogens is 2. The second kappa shape index (κ2) is 10.8. The minimum absolute atomic E-state index is 0.0131. The van der Waals surface area contributed by atoms with Crippen LogP contribution in [0.1, 0.15) is 11.1 Å². The minimum atomic E-state index is -0.449. The first-order chi connectivity index (χ1) is 20.0. The number of non-ortho nitro benzene ring substituents is 1. The van der Waals surface area contributed by atoms with Gasteiger partial charge in [0, 0.05) is 17.5 Å². The van der Waals surface area contributed by atoms with E-state index in [0.717, 1.165) is 10.9 Å². The Balaban J connectivity index is 1.32. The third-order valence-corrected chi connectivity index (χ3v) is 6.45. The fourth-order valence-corrected chi connectivity index (χ4v) is 4.37. The summed E-state index contributed by atoms with van der Waals surface area (Å²) < 4.78 is 18.6. The molecule has 0 aliphatic heterocycles. The predicted molar refractivity (Wildman–Crippen MR) is 155 cm³/mol. The molecule has 2 aromatic heterocycles. The van der Waals surface area contributed by atoms with E-state index in [1.807, 2.05) is 36.4 Å². The van der Waals surface area contributed by atoms with Gasteiger partial charge in [-0.2, -0.15) is 9.78 Å². The summed E-state index contributed by atoms with van der Waals surface area (Å²) in [4.78, 5) is 28.6. The van der Waals surface area contributed by atoms with Crippen LogP contribution in [0.3, 0.4) is 0 Å². The maximum atomic E-state index is 13.5. The summed E-state index contributed by atoms with van der Waals surface area (Å²) in [6.07, 6.45) is 1.53. The molecule has 202 valence electrons. The van der Waals surface area contributed by atoms with E-state index in [1.165, 1.54) is 30.1 Å². The molecule has 0 atom stereocenters. The number of rotatable bonds is 8. The number of methoxy groups -OCH3 is 1. The molecular formula is C31H22N4O6. The zero-order valence-corrected chi connectivity index (χ0v) is 21.8. The summed E-state index contributed by atoms with van der Waals surface area (Å²) in [5.41, 5.74) is 2.31. The molecule has 0 radical (unpaired) electrons. The number of fused-ring (bicyclic) bond motifs is 2. The molecule has 0 unspecified atom stereocenters. The van der Waals surface area contributed by atoms with Gasteiger partial charge in [0.2, 0.25) is 5.82 Å². The van der Waals surface area contributed by atoms with Crippen molar-refractivity contribution < 1.29 is 18.8 Å². The first kappa shape index (κ1) is 25.5. The van der Waals surface area contributed by atoms with Gasteiger partial charge < -0.3 is 13.9 Å². The van der Waals surface area contributed by atoms with E-state index in [2.05, 4.69) is 5.10 Å². The summed E-state index contributed by atoms with van der Waals surface area (Å²) in [5, 5.41) is 16.7. The van der Waals surface area contributed by atoms with Gasteiger partial charge in [0.15, 0.2) is 17.3 Å². The molecule has 0 fully saturated rings. The molecule has 4 aromatic carbocycles. The smallest absolute Gasteiger partial charge is 0.282 e. The molecule has 0 aliphatic rings. The third kappa shape index (κ3) is 5.13. The highest BCUT2D eigenvalue weighted by atomic mass is 16.6. The van der Waals surface area contributed by atoms with Crippen LogP contribution in [0, 0.1) is 10.1 Å². The number of furan rings is 1. The van der Waals surface area contributed by atoms with Crippen LogP contribution in [0.15, 0.2) is 111 Å². The SMILES string of the molecule is COc1cc(C=Nn2c(-c3cc4ccccc4o3)nc3ccccc3c2=O)ccc1OCc1ccc([N+](=O)[O-])cc1. The molecule has 0 aliphatic carbocycles. The lowest BCUT2D eigenvalue weighted by atomic mass is 10.2. The standard InChI is InChI=1S/C31H22N4O6/c1-39-28-16-21(12-15-27(28)40-19-20-10-13-23(14-11-20)35(37)38)18-32-34-30(29-17-22-6-2-5-9-26(22)41-29)33-25-8-4-3-7-24(25)31(34)36/h2-18H,19H2,1H3. The third-order valence-electron chi connectivity index (χ3n) is 6.45. The number of nitro groups is 1. The molecule has 10 nitrogen and oxygen atoms in total. The number of hydrogen-bond donors (Lipinski definition) is 0. The zero-order valence-electron chi connectivity index (χ0n) is 21.8. The van der Waals surface area contributed by atoms with Crippen LogP contribution in [-0.2, 0) is 6.61 Å². The number of ether oxygens (including phenoxy) is 2. The van der Waals surface area contributed by atoms with Gasteiger partial charge in [-0.25, -0.2) is 4.98 Å². The molecule has 0 N–H and O–H groups in total. The van der Waals surface area contributed by atoms with Crippen molar-refractivity contribution in [1.82, 2.24) is 9.66 Å². The minimum Gasteiger partial charge on any atom is -0.493 e. The summed E-state index contributed by atoms with van der Waals surface area (Å²) in [5.74, 6) is 1.63. The van der Waals surface area contributed by atoms with Crippen LogP contribution in [0.2, 0.25) is 0 Å². The fourth-order valence-electron chi connectivity index (χ4n) is 4.37. The molecule has 0 saturated carbocycles. The van der Waals surface area contributed by atoms with Gasteiger partial charge in [0.05, 0.1) is 29.2 Å². The molecule has 6 rings (SSSR count). The van der Waals surface area contributed by atoms with Crippen LogP contribution >= 0.6 is 0 Å². The summed E-state index contributed by atoms with van der Waals surface area (Å²) in [6.45, 7) is 0.195. The molecule has 0 bridgehead atoms. The van der Waals surface area contributed by atoms with Crippen molar-refractivity contribution in [3.63, 3.8) is 0 Å². The normalized spacial score (nSPS) is 11.3. The number of benzene rings is 4. The topological polar surface area (TPSA) is 122 Å². The Hall–Kier alpha value is -5.77. The summed E-state index contributed by atoms with van der Waals surface area (Å²) in [6, 6.07) is 27.8. The van der Waals surface area contributed by atoms with Crippen molar-refractivity contribution in [3.05, 3.63) is 129 Å². The van der Waals surface area contributed by atoms with Crippen LogP contribution in [-0.4, -0.2) is 27.9 Å². The number of hydrogen-bond acceptors (Lipinski definition) is 8. The average Bonchev–Trinajstić information content (AvgIpc) is 3.44. The van der Waals surface area contributed by atoms with E-state index in [0.29, 0.717) is 39.3 Å². The highest BCUT2D eigenvalue weighted by Crippen LogP contribution is 2.29. The van der Waals surface area contributed by atoms with Crippen molar-refractivity contribution in [3.8, 4) is 23.1 Å². The lowest BCUT2D eigenvalue weighted by Gasteiger charge is -2.11. The molecule has 0 spiro atoms. The van der Waals surface area contributed by atoms with Gasteiger partial charge in [-0.1, -0.05) is 30.3 Å². The van der Waals surface area contributed by atoms with Crippen molar-refractivity contribution >= 4 is 33.8 Å². The van der Waals surface area contributed by atoms with Gasteiger partial charge in [-0.05, 0) is 65.7 Å². The monoisotopic (exact) mass is 546 g/mol. The Kier molecular flexibility index (Phi) is 6.70. The molecule has 2 heterocycles. The van der Waals surface area contributed by atoms with E-state index < -0.39 is 4.92 Å². The Bertz CT molecular complexity index is 1960. The maximum absolute atomic E-state index is 13.5. The van der Waals surface area contributed by atoms with Gasteiger partial charge in [0.25, 0.3) is 11.2 Å². The highest BCUT2D eigenvalue weighted by Gasteiger charge is 2.16. The zero-order chi connectivity index (χ0) is 28.3. The Morgan fingerprint density at radius 3 is 2.54 bits per heavy atom.